The Balaban J connectivity index is 1.84. The van der Waals surface area contributed by atoms with Crippen molar-refractivity contribution in [3.05, 3.63) is 54.1 Å². The maximum Gasteiger partial charge on any atom is 0.168 e. The lowest BCUT2D eigenvalue weighted by Crippen LogP contribution is -2.01. The lowest BCUT2D eigenvalue weighted by Gasteiger charge is -2.05. The second-order valence-electron chi connectivity index (χ2n) is 3.49. The molecule has 0 unspecified atom stereocenters. The molecule has 0 aliphatic carbocycles. The van der Waals surface area contributed by atoms with Crippen molar-refractivity contribution in [2.75, 3.05) is 6.61 Å². The average Bonchev–Trinajstić information content (AvgIpc) is 2.41. The molecular formula is C13H12N2O2. The van der Waals surface area contributed by atoms with Gasteiger partial charge in [0.05, 0.1) is 12.8 Å². The van der Waals surface area contributed by atoms with Crippen LogP contribution in [-0.4, -0.2) is 22.9 Å². The van der Waals surface area contributed by atoms with Gasteiger partial charge in [0.15, 0.2) is 6.29 Å². The number of aldehydes is 1. The molecule has 2 aromatic rings. The van der Waals surface area contributed by atoms with Crippen LogP contribution in [0.1, 0.15) is 16.1 Å². The summed E-state index contributed by atoms with van der Waals surface area (Å²) in [6, 6.07) is 7.28. The summed E-state index contributed by atoms with van der Waals surface area (Å²) in [7, 11) is 0. The van der Waals surface area contributed by atoms with E-state index >= 15 is 0 Å². The third-order valence-corrected chi connectivity index (χ3v) is 2.29. The van der Waals surface area contributed by atoms with E-state index in [-0.39, 0.29) is 0 Å². The van der Waals surface area contributed by atoms with E-state index in [1.807, 2.05) is 12.1 Å². The number of hydrogen-bond acceptors (Lipinski definition) is 4. The molecule has 2 heterocycles. The Kier molecular flexibility index (Phi) is 3.81. The highest BCUT2D eigenvalue weighted by Crippen LogP contribution is 2.09. The van der Waals surface area contributed by atoms with Crippen LogP contribution in [0, 0.1) is 0 Å². The minimum absolute atomic E-state index is 0.409. The van der Waals surface area contributed by atoms with Gasteiger partial charge in [0.25, 0.3) is 0 Å². The van der Waals surface area contributed by atoms with E-state index in [0.717, 1.165) is 6.42 Å². The molecule has 0 fully saturated rings. The summed E-state index contributed by atoms with van der Waals surface area (Å²) < 4.78 is 5.51. The van der Waals surface area contributed by atoms with Crippen LogP contribution in [0.2, 0.25) is 0 Å². The molecule has 0 N–H and O–H groups in total. The number of carbonyl (C=O) groups excluding carboxylic acids is 1. The summed E-state index contributed by atoms with van der Waals surface area (Å²) in [5.41, 5.74) is 1.59. The van der Waals surface area contributed by atoms with Gasteiger partial charge in [-0.25, -0.2) is 4.98 Å². The van der Waals surface area contributed by atoms with Crippen LogP contribution < -0.4 is 4.74 Å². The first kappa shape index (κ1) is 11.3. The van der Waals surface area contributed by atoms with Gasteiger partial charge in [-0.3, -0.25) is 9.78 Å². The lowest BCUT2D eigenvalue weighted by atomic mass is 10.2. The summed E-state index contributed by atoms with van der Waals surface area (Å²) in [6.45, 7) is 0.576. The Bertz CT molecular complexity index is 469. The molecule has 0 aromatic carbocycles. The molecule has 17 heavy (non-hydrogen) atoms. The Hall–Kier alpha value is -2.23. The van der Waals surface area contributed by atoms with Gasteiger partial charge in [0.1, 0.15) is 11.4 Å². The summed E-state index contributed by atoms with van der Waals surface area (Å²) in [5.74, 6) is 0.671. The molecule has 2 rings (SSSR count). The zero-order valence-electron chi connectivity index (χ0n) is 9.24. The van der Waals surface area contributed by atoms with Gasteiger partial charge >= 0.3 is 0 Å². The summed E-state index contributed by atoms with van der Waals surface area (Å²) in [6.07, 6.45) is 6.60. The van der Waals surface area contributed by atoms with Crippen LogP contribution in [0.15, 0.2) is 42.9 Å². The highest BCUT2D eigenvalue weighted by Gasteiger charge is 1.96. The van der Waals surface area contributed by atoms with Gasteiger partial charge in [-0.2, -0.15) is 0 Å². The SMILES string of the molecule is O=Cc1ccc(OCCc2ccncc2)cn1. The minimum atomic E-state index is 0.409. The van der Waals surface area contributed by atoms with Gasteiger partial charge in [0, 0.05) is 18.8 Å². The van der Waals surface area contributed by atoms with E-state index in [1.165, 1.54) is 5.56 Å². The lowest BCUT2D eigenvalue weighted by molar-refractivity contribution is 0.111. The van der Waals surface area contributed by atoms with E-state index in [2.05, 4.69) is 9.97 Å². The predicted octanol–water partition coefficient (Wildman–Crippen LogP) is 1.91. The maximum absolute atomic E-state index is 10.4. The Labute approximate surface area is 99.3 Å². The van der Waals surface area contributed by atoms with Gasteiger partial charge in [-0.1, -0.05) is 0 Å². The molecule has 0 bridgehead atoms. The summed E-state index contributed by atoms with van der Waals surface area (Å²) >= 11 is 0. The molecular weight excluding hydrogens is 216 g/mol. The van der Waals surface area contributed by atoms with Gasteiger partial charge < -0.3 is 4.74 Å². The molecule has 0 spiro atoms. The number of carbonyl (C=O) groups is 1. The topological polar surface area (TPSA) is 52.1 Å². The van der Waals surface area contributed by atoms with Gasteiger partial charge in [-0.15, -0.1) is 0 Å². The van der Waals surface area contributed by atoms with Crippen molar-refractivity contribution in [2.45, 2.75) is 6.42 Å². The number of hydrogen-bond donors (Lipinski definition) is 0. The first-order chi connectivity index (χ1) is 8.38. The third kappa shape index (κ3) is 3.38. The van der Waals surface area contributed by atoms with Gasteiger partial charge in [-0.05, 0) is 29.8 Å². The number of rotatable bonds is 5. The molecule has 0 amide bonds. The number of nitrogens with zero attached hydrogens (tertiary/aromatic N) is 2. The van der Waals surface area contributed by atoms with Crippen molar-refractivity contribution in [3.8, 4) is 5.75 Å². The quantitative estimate of drug-likeness (QED) is 0.733. The van der Waals surface area contributed by atoms with Gasteiger partial charge in [0.2, 0.25) is 0 Å². The normalized spacial score (nSPS) is 9.88. The van der Waals surface area contributed by atoms with E-state index in [4.69, 9.17) is 4.74 Å². The molecule has 0 atom stereocenters. The molecule has 4 heteroatoms. The van der Waals surface area contributed by atoms with Crippen molar-refractivity contribution in [1.29, 1.82) is 0 Å². The van der Waals surface area contributed by atoms with Crippen LogP contribution in [0.25, 0.3) is 0 Å². The Morgan fingerprint density at radius 1 is 1.18 bits per heavy atom. The smallest absolute Gasteiger partial charge is 0.168 e. The minimum Gasteiger partial charge on any atom is -0.492 e. The Morgan fingerprint density at radius 2 is 2.00 bits per heavy atom. The van der Waals surface area contributed by atoms with Crippen molar-refractivity contribution < 1.29 is 9.53 Å². The van der Waals surface area contributed by atoms with Crippen LogP contribution in [0.4, 0.5) is 0 Å². The molecule has 0 aliphatic rings. The fraction of sp³-hybridized carbons (Fsp3) is 0.154. The molecule has 0 aliphatic heterocycles. The number of aromatic nitrogens is 2. The van der Waals surface area contributed by atoms with Crippen molar-refractivity contribution in [2.24, 2.45) is 0 Å². The number of ether oxygens (including phenoxy) is 1. The maximum atomic E-state index is 10.4. The van der Waals surface area contributed by atoms with Crippen LogP contribution in [0.5, 0.6) is 5.75 Å². The first-order valence-corrected chi connectivity index (χ1v) is 5.31. The molecule has 0 saturated carbocycles. The molecule has 86 valence electrons. The predicted molar refractivity (Wildman–Crippen MR) is 63.1 cm³/mol. The van der Waals surface area contributed by atoms with Crippen LogP contribution in [-0.2, 0) is 6.42 Å². The highest BCUT2D eigenvalue weighted by atomic mass is 16.5. The van der Waals surface area contributed by atoms with Crippen molar-refractivity contribution in [1.82, 2.24) is 9.97 Å². The fourth-order valence-electron chi connectivity index (χ4n) is 1.38. The molecule has 2 aromatic heterocycles. The zero-order valence-corrected chi connectivity index (χ0v) is 9.24. The fourth-order valence-corrected chi connectivity index (χ4v) is 1.38. The zero-order chi connectivity index (χ0) is 11.9. The van der Waals surface area contributed by atoms with Crippen molar-refractivity contribution in [3.63, 3.8) is 0 Å². The Morgan fingerprint density at radius 3 is 2.65 bits per heavy atom. The largest absolute Gasteiger partial charge is 0.492 e. The highest BCUT2D eigenvalue weighted by molar-refractivity contribution is 5.71. The van der Waals surface area contributed by atoms with Crippen LogP contribution in [0.3, 0.4) is 0 Å². The first-order valence-electron chi connectivity index (χ1n) is 5.31. The molecule has 0 saturated heterocycles. The second kappa shape index (κ2) is 5.75. The summed E-state index contributed by atoms with van der Waals surface area (Å²) in [4.78, 5) is 18.3. The number of pyridine rings is 2. The molecule has 0 radical (unpaired) electrons. The van der Waals surface area contributed by atoms with E-state index < -0.39 is 0 Å². The standard InChI is InChI=1S/C13H12N2O2/c16-10-12-1-2-13(9-15-12)17-8-5-11-3-6-14-7-4-11/h1-4,6-7,9-10H,5,8H2. The van der Waals surface area contributed by atoms with E-state index in [0.29, 0.717) is 24.3 Å². The van der Waals surface area contributed by atoms with E-state index in [1.54, 1.807) is 30.7 Å². The molecule has 4 nitrogen and oxygen atoms in total. The van der Waals surface area contributed by atoms with E-state index in [9.17, 15) is 4.79 Å². The average molecular weight is 228 g/mol. The third-order valence-electron chi connectivity index (χ3n) is 2.29. The summed E-state index contributed by atoms with van der Waals surface area (Å²) in [5, 5.41) is 0. The van der Waals surface area contributed by atoms with Crippen LogP contribution >= 0.6 is 0 Å². The van der Waals surface area contributed by atoms with Crippen molar-refractivity contribution >= 4 is 6.29 Å². The monoisotopic (exact) mass is 228 g/mol. The second-order valence-corrected chi connectivity index (χ2v) is 3.49.